The molecule has 2 N–H and O–H groups in total. The van der Waals surface area contributed by atoms with E-state index in [1.165, 1.54) is 0 Å². The molecule has 0 saturated heterocycles. The zero-order chi connectivity index (χ0) is 17.3. The molecular formula is C16H15ClN4O3. The summed E-state index contributed by atoms with van der Waals surface area (Å²) in [5.41, 5.74) is 8.17. The molecule has 0 radical (unpaired) electrons. The van der Waals surface area contributed by atoms with Gasteiger partial charge in [0.05, 0.1) is 26.8 Å². The molecule has 2 heterocycles. The van der Waals surface area contributed by atoms with E-state index in [4.69, 9.17) is 31.5 Å². The first-order chi connectivity index (χ1) is 11.6. The Bertz CT molecular complexity index is 892. The van der Waals surface area contributed by atoms with Crippen molar-refractivity contribution in [2.24, 2.45) is 0 Å². The largest absolute Gasteiger partial charge is 0.493 e. The van der Waals surface area contributed by atoms with E-state index in [1.54, 1.807) is 45.6 Å². The van der Waals surface area contributed by atoms with Gasteiger partial charge in [-0.25, -0.2) is 15.0 Å². The van der Waals surface area contributed by atoms with Crippen LogP contribution in [0.3, 0.4) is 0 Å². The maximum absolute atomic E-state index is 6.02. The molecule has 0 aliphatic rings. The third-order valence-electron chi connectivity index (χ3n) is 3.46. The van der Waals surface area contributed by atoms with E-state index in [2.05, 4.69) is 15.0 Å². The number of benzene rings is 1. The molecule has 0 aliphatic heterocycles. The maximum Gasteiger partial charge on any atom is 0.221 e. The highest BCUT2D eigenvalue weighted by molar-refractivity contribution is 6.29. The number of nitrogens with zero attached hydrogens (tertiary/aromatic N) is 3. The standard InChI is InChI=1S/C16H15ClN4O3/c1-22-10-6-8(7-11(23-2)15(10)24-3)13-14-9(19-16(18)21-13)4-5-12(17)20-14/h4-7H,1-3H3,(H2,18,19,21). The van der Waals surface area contributed by atoms with Crippen LogP contribution in [-0.2, 0) is 0 Å². The first-order valence-corrected chi connectivity index (χ1v) is 7.35. The van der Waals surface area contributed by atoms with Crippen LogP contribution < -0.4 is 19.9 Å². The lowest BCUT2D eigenvalue weighted by molar-refractivity contribution is 0.324. The number of pyridine rings is 1. The van der Waals surface area contributed by atoms with Crippen molar-refractivity contribution in [3.63, 3.8) is 0 Å². The topological polar surface area (TPSA) is 92.4 Å². The number of halogens is 1. The third-order valence-corrected chi connectivity index (χ3v) is 3.67. The summed E-state index contributed by atoms with van der Waals surface area (Å²) < 4.78 is 16.1. The molecule has 0 fully saturated rings. The summed E-state index contributed by atoms with van der Waals surface area (Å²) >= 11 is 6.02. The van der Waals surface area contributed by atoms with E-state index in [0.29, 0.717) is 44.7 Å². The van der Waals surface area contributed by atoms with Crippen LogP contribution in [0.15, 0.2) is 24.3 Å². The highest BCUT2D eigenvalue weighted by Crippen LogP contribution is 2.41. The second-order valence-electron chi connectivity index (χ2n) is 4.85. The molecule has 124 valence electrons. The van der Waals surface area contributed by atoms with Crippen molar-refractivity contribution in [2.45, 2.75) is 0 Å². The minimum absolute atomic E-state index is 0.135. The summed E-state index contributed by atoms with van der Waals surface area (Å²) in [5.74, 6) is 1.62. The van der Waals surface area contributed by atoms with Gasteiger partial charge >= 0.3 is 0 Å². The van der Waals surface area contributed by atoms with Gasteiger partial charge in [0, 0.05) is 5.56 Å². The fourth-order valence-electron chi connectivity index (χ4n) is 2.43. The minimum atomic E-state index is 0.135. The molecule has 24 heavy (non-hydrogen) atoms. The molecule has 8 heteroatoms. The Kier molecular flexibility index (Phi) is 4.26. The van der Waals surface area contributed by atoms with Crippen molar-refractivity contribution in [3.05, 3.63) is 29.4 Å². The van der Waals surface area contributed by atoms with Gasteiger partial charge in [-0.3, -0.25) is 0 Å². The van der Waals surface area contributed by atoms with Gasteiger partial charge in [-0.1, -0.05) is 11.6 Å². The zero-order valence-corrected chi connectivity index (χ0v) is 14.1. The predicted octanol–water partition coefficient (Wildman–Crippen LogP) is 2.95. The van der Waals surface area contributed by atoms with Gasteiger partial charge in [0.25, 0.3) is 0 Å². The van der Waals surface area contributed by atoms with Gasteiger partial charge in [-0.2, -0.15) is 0 Å². The van der Waals surface area contributed by atoms with Crippen LogP contribution >= 0.6 is 11.6 Å². The molecule has 0 amide bonds. The number of methoxy groups -OCH3 is 3. The average Bonchev–Trinajstić information content (AvgIpc) is 2.60. The van der Waals surface area contributed by atoms with Crippen molar-refractivity contribution in [3.8, 4) is 28.5 Å². The zero-order valence-electron chi connectivity index (χ0n) is 13.3. The number of anilines is 1. The molecule has 2 aromatic heterocycles. The van der Waals surface area contributed by atoms with Crippen LogP contribution in [0.25, 0.3) is 22.3 Å². The van der Waals surface area contributed by atoms with E-state index in [-0.39, 0.29) is 5.95 Å². The van der Waals surface area contributed by atoms with E-state index in [0.717, 1.165) is 0 Å². The fourth-order valence-corrected chi connectivity index (χ4v) is 2.57. The Morgan fingerprint density at radius 3 is 2.17 bits per heavy atom. The summed E-state index contributed by atoms with van der Waals surface area (Å²) in [6, 6.07) is 6.93. The number of nitrogen functional groups attached to an aromatic ring is 1. The Hall–Kier alpha value is -2.80. The smallest absolute Gasteiger partial charge is 0.221 e. The Balaban J connectivity index is 2.33. The summed E-state index contributed by atoms with van der Waals surface area (Å²) in [7, 11) is 4.63. The van der Waals surface area contributed by atoms with Crippen LogP contribution in [0.4, 0.5) is 5.95 Å². The molecule has 7 nitrogen and oxygen atoms in total. The predicted molar refractivity (Wildman–Crippen MR) is 91.8 cm³/mol. The lowest BCUT2D eigenvalue weighted by Crippen LogP contribution is -2.01. The van der Waals surface area contributed by atoms with Crippen molar-refractivity contribution < 1.29 is 14.2 Å². The average molecular weight is 347 g/mol. The summed E-state index contributed by atoms with van der Waals surface area (Å²) in [5, 5.41) is 0.338. The van der Waals surface area contributed by atoms with Gasteiger partial charge in [-0.05, 0) is 24.3 Å². The third kappa shape index (κ3) is 2.74. The molecule has 0 spiro atoms. The lowest BCUT2D eigenvalue weighted by atomic mass is 10.1. The molecule has 3 rings (SSSR count). The summed E-state index contributed by atoms with van der Waals surface area (Å²) in [6.07, 6.45) is 0. The number of hydrogen-bond acceptors (Lipinski definition) is 7. The van der Waals surface area contributed by atoms with Gasteiger partial charge in [0.15, 0.2) is 11.5 Å². The van der Waals surface area contributed by atoms with Crippen molar-refractivity contribution in [1.29, 1.82) is 0 Å². The quantitative estimate of drug-likeness (QED) is 0.726. The molecular weight excluding hydrogens is 332 g/mol. The molecule has 0 atom stereocenters. The van der Waals surface area contributed by atoms with Gasteiger partial charge in [-0.15, -0.1) is 0 Å². The SMILES string of the molecule is COc1cc(-c2nc(N)nc3ccc(Cl)nc23)cc(OC)c1OC. The molecule has 1 aromatic carbocycles. The molecule has 0 aliphatic carbocycles. The molecule has 0 unspecified atom stereocenters. The van der Waals surface area contributed by atoms with Crippen LogP contribution in [-0.4, -0.2) is 36.3 Å². The maximum atomic E-state index is 6.02. The Morgan fingerprint density at radius 1 is 0.917 bits per heavy atom. The van der Waals surface area contributed by atoms with Crippen molar-refractivity contribution >= 4 is 28.6 Å². The number of fused-ring (bicyclic) bond motifs is 1. The molecule has 0 saturated carbocycles. The second kappa shape index (κ2) is 6.37. The second-order valence-corrected chi connectivity index (χ2v) is 5.23. The first kappa shape index (κ1) is 16.1. The number of aromatic nitrogens is 3. The van der Waals surface area contributed by atoms with E-state index < -0.39 is 0 Å². The monoisotopic (exact) mass is 346 g/mol. The number of nitrogens with two attached hydrogens (primary N) is 1. The number of ether oxygens (including phenoxy) is 3. The van der Waals surface area contributed by atoms with Crippen LogP contribution in [0.1, 0.15) is 0 Å². The molecule has 3 aromatic rings. The van der Waals surface area contributed by atoms with Crippen LogP contribution in [0.2, 0.25) is 5.15 Å². The van der Waals surface area contributed by atoms with Crippen molar-refractivity contribution in [1.82, 2.24) is 15.0 Å². The van der Waals surface area contributed by atoms with Crippen LogP contribution in [0.5, 0.6) is 17.2 Å². The van der Waals surface area contributed by atoms with Crippen molar-refractivity contribution in [2.75, 3.05) is 27.1 Å². The highest BCUT2D eigenvalue weighted by Gasteiger charge is 2.18. The van der Waals surface area contributed by atoms with Gasteiger partial charge in [0.1, 0.15) is 16.4 Å². The number of hydrogen-bond donors (Lipinski definition) is 1. The van der Waals surface area contributed by atoms with E-state index in [9.17, 15) is 0 Å². The highest BCUT2D eigenvalue weighted by atomic mass is 35.5. The lowest BCUT2D eigenvalue weighted by Gasteiger charge is -2.14. The van der Waals surface area contributed by atoms with Gasteiger partial charge in [0.2, 0.25) is 11.7 Å². The van der Waals surface area contributed by atoms with Crippen LogP contribution in [0, 0.1) is 0 Å². The van der Waals surface area contributed by atoms with E-state index >= 15 is 0 Å². The Morgan fingerprint density at radius 2 is 1.58 bits per heavy atom. The normalized spacial score (nSPS) is 10.7. The van der Waals surface area contributed by atoms with Gasteiger partial charge < -0.3 is 19.9 Å². The fraction of sp³-hybridized carbons (Fsp3) is 0.188. The number of rotatable bonds is 4. The minimum Gasteiger partial charge on any atom is -0.493 e. The first-order valence-electron chi connectivity index (χ1n) is 6.97. The summed E-state index contributed by atoms with van der Waals surface area (Å²) in [6.45, 7) is 0. The van der Waals surface area contributed by atoms with E-state index in [1.807, 2.05) is 0 Å². The summed E-state index contributed by atoms with van der Waals surface area (Å²) in [4.78, 5) is 12.8. The molecule has 0 bridgehead atoms. The Labute approximate surface area is 143 Å².